The first-order valence-corrected chi connectivity index (χ1v) is 6.09. The van der Waals surface area contributed by atoms with E-state index in [-0.39, 0.29) is 11.9 Å². The third-order valence-corrected chi connectivity index (χ3v) is 3.20. The normalized spacial score (nSPS) is 20.5. The van der Waals surface area contributed by atoms with E-state index in [4.69, 9.17) is 0 Å². The molecule has 5 nitrogen and oxygen atoms in total. The van der Waals surface area contributed by atoms with Gasteiger partial charge in [-0.05, 0) is 6.92 Å². The fraction of sp³-hybridized carbons (Fsp3) is 0.556. The Morgan fingerprint density at radius 3 is 3.33 bits per heavy atom. The molecule has 1 aliphatic heterocycles. The van der Waals surface area contributed by atoms with Crippen LogP contribution >= 0.6 is 11.8 Å². The first-order valence-electron chi connectivity index (χ1n) is 4.94. The van der Waals surface area contributed by atoms with Gasteiger partial charge in [0.05, 0.1) is 17.9 Å². The van der Waals surface area contributed by atoms with Gasteiger partial charge in [-0.2, -0.15) is 5.10 Å². The molecule has 15 heavy (non-hydrogen) atoms. The van der Waals surface area contributed by atoms with Crippen molar-refractivity contribution in [2.45, 2.75) is 19.5 Å². The Morgan fingerprint density at radius 2 is 2.73 bits per heavy atom. The number of aryl methyl sites for hydroxylation is 1. The Kier molecular flexibility index (Phi) is 3.27. The van der Waals surface area contributed by atoms with Crippen LogP contribution in [0.4, 0.5) is 5.69 Å². The van der Waals surface area contributed by atoms with Gasteiger partial charge in [0.1, 0.15) is 0 Å². The van der Waals surface area contributed by atoms with Crippen molar-refractivity contribution in [1.82, 2.24) is 15.1 Å². The molecule has 2 rings (SSSR count). The topological polar surface area (TPSA) is 59.0 Å². The van der Waals surface area contributed by atoms with Crippen LogP contribution in [0.2, 0.25) is 0 Å². The summed E-state index contributed by atoms with van der Waals surface area (Å²) < 4.78 is 1.78. The van der Waals surface area contributed by atoms with Crippen LogP contribution in [0.1, 0.15) is 6.92 Å². The van der Waals surface area contributed by atoms with Crippen LogP contribution in [-0.2, 0) is 11.3 Å². The molecule has 0 bridgehead atoms. The zero-order valence-corrected chi connectivity index (χ0v) is 9.38. The van der Waals surface area contributed by atoms with Gasteiger partial charge in [0.25, 0.3) is 0 Å². The average molecular weight is 226 g/mol. The summed E-state index contributed by atoms with van der Waals surface area (Å²) in [6, 6.07) is -0.0695. The molecule has 1 aromatic rings. The Balaban J connectivity index is 1.92. The Bertz CT molecular complexity index is 346. The fourth-order valence-corrected chi connectivity index (χ4v) is 2.34. The van der Waals surface area contributed by atoms with E-state index in [0.29, 0.717) is 0 Å². The van der Waals surface area contributed by atoms with E-state index >= 15 is 0 Å². The van der Waals surface area contributed by atoms with Gasteiger partial charge in [-0.1, -0.05) is 0 Å². The number of thioether (sulfide) groups is 1. The predicted octanol–water partition coefficient (Wildman–Crippen LogP) is 0.504. The van der Waals surface area contributed by atoms with Crippen molar-refractivity contribution in [3.05, 3.63) is 12.4 Å². The number of carbonyl (C=O) groups is 1. The minimum absolute atomic E-state index is 0.0238. The standard InChI is InChI=1S/C9H14N4OS/c1-2-13-4-7(3-11-13)12-9(14)8-5-15-6-10-8/h3-4,8,10H,2,5-6H2,1H3,(H,12,14). The number of rotatable bonds is 3. The Morgan fingerprint density at radius 1 is 1.87 bits per heavy atom. The molecule has 0 aromatic carbocycles. The van der Waals surface area contributed by atoms with E-state index < -0.39 is 0 Å². The summed E-state index contributed by atoms with van der Waals surface area (Å²) in [7, 11) is 0. The van der Waals surface area contributed by atoms with Gasteiger partial charge in [0, 0.05) is 24.4 Å². The highest BCUT2D eigenvalue weighted by molar-refractivity contribution is 7.99. The monoisotopic (exact) mass is 226 g/mol. The lowest BCUT2D eigenvalue weighted by Gasteiger charge is -2.08. The molecule has 1 aliphatic rings. The number of carbonyl (C=O) groups excluding carboxylic acids is 1. The minimum Gasteiger partial charge on any atom is -0.322 e. The molecule has 0 spiro atoms. The van der Waals surface area contributed by atoms with Gasteiger partial charge in [-0.3, -0.25) is 14.8 Å². The summed E-state index contributed by atoms with van der Waals surface area (Å²) in [5, 5.41) is 10.1. The van der Waals surface area contributed by atoms with E-state index in [2.05, 4.69) is 15.7 Å². The first-order chi connectivity index (χ1) is 7.29. The molecule has 0 saturated carbocycles. The highest BCUT2D eigenvalue weighted by Gasteiger charge is 2.22. The maximum Gasteiger partial charge on any atom is 0.242 e. The average Bonchev–Trinajstić information content (AvgIpc) is 2.87. The van der Waals surface area contributed by atoms with Crippen LogP contribution in [0, 0.1) is 0 Å². The van der Waals surface area contributed by atoms with E-state index in [9.17, 15) is 4.79 Å². The van der Waals surface area contributed by atoms with Gasteiger partial charge >= 0.3 is 0 Å². The number of nitrogens with zero attached hydrogens (tertiary/aromatic N) is 2. The summed E-state index contributed by atoms with van der Waals surface area (Å²) in [5.41, 5.74) is 0.764. The quantitative estimate of drug-likeness (QED) is 0.788. The number of hydrogen-bond acceptors (Lipinski definition) is 4. The summed E-state index contributed by atoms with van der Waals surface area (Å²) in [4.78, 5) is 11.7. The molecule has 1 amide bonds. The first kappa shape index (κ1) is 10.5. The maximum atomic E-state index is 11.7. The molecule has 1 unspecified atom stereocenters. The van der Waals surface area contributed by atoms with Crippen molar-refractivity contribution in [2.75, 3.05) is 16.9 Å². The molecule has 1 aromatic heterocycles. The van der Waals surface area contributed by atoms with Gasteiger partial charge in [0.15, 0.2) is 0 Å². The lowest BCUT2D eigenvalue weighted by molar-refractivity contribution is -0.117. The second-order valence-corrected chi connectivity index (χ2v) is 4.38. The molecule has 0 radical (unpaired) electrons. The second-order valence-electron chi connectivity index (χ2n) is 3.35. The van der Waals surface area contributed by atoms with Crippen molar-refractivity contribution in [3.8, 4) is 0 Å². The smallest absolute Gasteiger partial charge is 0.242 e. The number of anilines is 1. The van der Waals surface area contributed by atoms with Crippen LogP contribution in [0.15, 0.2) is 12.4 Å². The molecule has 0 aliphatic carbocycles. The Hall–Kier alpha value is -1.01. The molecule has 82 valence electrons. The molecule has 2 heterocycles. The molecule has 6 heteroatoms. The number of aromatic nitrogens is 2. The lowest BCUT2D eigenvalue weighted by atomic mass is 10.3. The summed E-state index contributed by atoms with van der Waals surface area (Å²) in [6.45, 7) is 2.82. The largest absolute Gasteiger partial charge is 0.322 e. The lowest BCUT2D eigenvalue weighted by Crippen LogP contribution is -2.37. The second kappa shape index (κ2) is 4.67. The predicted molar refractivity (Wildman–Crippen MR) is 60.8 cm³/mol. The van der Waals surface area contributed by atoms with Crippen molar-refractivity contribution in [1.29, 1.82) is 0 Å². The molecule has 1 atom stereocenters. The summed E-state index contributed by atoms with van der Waals surface area (Å²) >= 11 is 1.74. The van der Waals surface area contributed by atoms with E-state index in [0.717, 1.165) is 23.9 Å². The number of nitrogens with one attached hydrogen (secondary N) is 2. The molecule has 1 fully saturated rings. The molecule has 1 saturated heterocycles. The SMILES string of the molecule is CCn1cc(NC(=O)C2CSCN2)cn1. The molecular weight excluding hydrogens is 212 g/mol. The van der Waals surface area contributed by atoms with Gasteiger partial charge in [-0.25, -0.2) is 0 Å². The van der Waals surface area contributed by atoms with E-state index in [1.54, 1.807) is 22.6 Å². The number of amides is 1. The van der Waals surface area contributed by atoms with Crippen molar-refractivity contribution in [2.24, 2.45) is 0 Å². The van der Waals surface area contributed by atoms with Crippen LogP contribution in [0.3, 0.4) is 0 Å². The summed E-state index contributed by atoms with van der Waals surface area (Å²) in [5.74, 6) is 1.72. The maximum absolute atomic E-state index is 11.7. The zero-order chi connectivity index (χ0) is 10.7. The van der Waals surface area contributed by atoms with Crippen molar-refractivity contribution >= 4 is 23.4 Å². The summed E-state index contributed by atoms with van der Waals surface area (Å²) in [6.07, 6.45) is 3.50. The van der Waals surface area contributed by atoms with Crippen LogP contribution in [-0.4, -0.2) is 33.4 Å². The van der Waals surface area contributed by atoms with Crippen LogP contribution in [0.25, 0.3) is 0 Å². The third kappa shape index (κ3) is 2.51. The number of hydrogen-bond donors (Lipinski definition) is 2. The fourth-order valence-electron chi connectivity index (χ4n) is 1.39. The van der Waals surface area contributed by atoms with Gasteiger partial charge < -0.3 is 5.32 Å². The third-order valence-electron chi connectivity index (χ3n) is 2.26. The van der Waals surface area contributed by atoms with Crippen LogP contribution < -0.4 is 10.6 Å². The molecular formula is C9H14N4OS. The highest BCUT2D eigenvalue weighted by Crippen LogP contribution is 2.12. The van der Waals surface area contributed by atoms with Crippen LogP contribution in [0.5, 0.6) is 0 Å². The highest BCUT2D eigenvalue weighted by atomic mass is 32.2. The zero-order valence-electron chi connectivity index (χ0n) is 8.56. The van der Waals surface area contributed by atoms with Gasteiger partial charge in [0.2, 0.25) is 5.91 Å². The minimum atomic E-state index is -0.0695. The van der Waals surface area contributed by atoms with Crippen molar-refractivity contribution in [3.63, 3.8) is 0 Å². The molecule has 2 N–H and O–H groups in total. The van der Waals surface area contributed by atoms with E-state index in [1.807, 2.05) is 13.1 Å². The Labute approximate surface area is 92.6 Å². The van der Waals surface area contributed by atoms with E-state index in [1.165, 1.54) is 0 Å². The van der Waals surface area contributed by atoms with Crippen molar-refractivity contribution < 1.29 is 4.79 Å². The van der Waals surface area contributed by atoms with Gasteiger partial charge in [-0.15, -0.1) is 11.8 Å².